The van der Waals surface area contributed by atoms with Gasteiger partial charge in [0.2, 0.25) is 0 Å². The minimum atomic E-state index is -0.480. The average molecular weight is 444 g/mol. The lowest BCUT2D eigenvalue weighted by Gasteiger charge is -2.37. The van der Waals surface area contributed by atoms with E-state index >= 15 is 0 Å². The highest BCUT2D eigenvalue weighted by Gasteiger charge is 2.29. The SMILES string of the molecule is CC(C)CCCN1N=CN(c2ccc(N3CCN(C(=O)OC(C)(C)C)CC3)cc2)C1C=O. The van der Waals surface area contributed by atoms with E-state index < -0.39 is 11.8 Å². The van der Waals surface area contributed by atoms with Crippen molar-refractivity contribution in [1.29, 1.82) is 0 Å². The van der Waals surface area contributed by atoms with E-state index in [9.17, 15) is 9.59 Å². The van der Waals surface area contributed by atoms with Crippen LogP contribution in [0.1, 0.15) is 47.5 Å². The van der Waals surface area contributed by atoms with E-state index in [1.165, 1.54) is 0 Å². The molecule has 2 aliphatic heterocycles. The summed E-state index contributed by atoms with van der Waals surface area (Å²) in [4.78, 5) is 30.0. The summed E-state index contributed by atoms with van der Waals surface area (Å²) in [5, 5.41) is 6.31. The van der Waals surface area contributed by atoms with Gasteiger partial charge in [0.1, 0.15) is 11.9 Å². The maximum atomic E-state index is 12.3. The number of ether oxygens (including phenoxy) is 1. The van der Waals surface area contributed by atoms with Crippen LogP contribution in [-0.4, -0.2) is 73.1 Å². The van der Waals surface area contributed by atoms with E-state index in [1.54, 1.807) is 11.2 Å². The van der Waals surface area contributed by atoms with Crippen molar-refractivity contribution in [3.05, 3.63) is 24.3 Å². The Hall–Kier alpha value is -2.77. The Morgan fingerprint density at radius 1 is 1.12 bits per heavy atom. The number of anilines is 2. The van der Waals surface area contributed by atoms with Crippen LogP contribution in [0.5, 0.6) is 0 Å². The minimum absolute atomic E-state index is 0.251. The summed E-state index contributed by atoms with van der Waals surface area (Å²) in [6, 6.07) is 8.18. The number of rotatable bonds is 7. The van der Waals surface area contributed by atoms with Crippen molar-refractivity contribution < 1.29 is 14.3 Å². The molecule has 0 spiro atoms. The van der Waals surface area contributed by atoms with Gasteiger partial charge in [0.25, 0.3) is 0 Å². The van der Waals surface area contributed by atoms with Gasteiger partial charge in [0.05, 0.1) is 0 Å². The first kappa shape index (κ1) is 23.9. The van der Waals surface area contributed by atoms with E-state index in [2.05, 4.69) is 36.0 Å². The summed E-state index contributed by atoms with van der Waals surface area (Å²) in [6.07, 6.45) is 4.17. The fraction of sp³-hybridized carbons (Fsp3) is 0.625. The third-order valence-corrected chi connectivity index (χ3v) is 5.65. The van der Waals surface area contributed by atoms with Crippen molar-refractivity contribution in [2.24, 2.45) is 11.0 Å². The van der Waals surface area contributed by atoms with Crippen molar-refractivity contribution in [1.82, 2.24) is 9.91 Å². The molecule has 2 aliphatic rings. The van der Waals surface area contributed by atoms with Gasteiger partial charge in [-0.25, -0.2) is 4.79 Å². The predicted molar refractivity (Wildman–Crippen MR) is 128 cm³/mol. The number of carbonyl (C=O) groups excluding carboxylic acids is 2. The minimum Gasteiger partial charge on any atom is -0.444 e. The second kappa shape index (κ2) is 10.2. The summed E-state index contributed by atoms with van der Waals surface area (Å²) < 4.78 is 5.47. The van der Waals surface area contributed by atoms with E-state index in [0.29, 0.717) is 19.0 Å². The molecule has 1 unspecified atom stereocenters. The highest BCUT2D eigenvalue weighted by Crippen LogP contribution is 2.26. The van der Waals surface area contributed by atoms with Crippen molar-refractivity contribution in [2.75, 3.05) is 42.5 Å². The molecule has 0 aliphatic carbocycles. The second-order valence-electron chi connectivity index (χ2n) is 9.86. The Balaban J connectivity index is 1.55. The second-order valence-corrected chi connectivity index (χ2v) is 9.86. The smallest absolute Gasteiger partial charge is 0.410 e. The van der Waals surface area contributed by atoms with Crippen LogP contribution in [-0.2, 0) is 9.53 Å². The number of nitrogens with zero attached hydrogens (tertiary/aromatic N) is 5. The number of piperazine rings is 1. The Morgan fingerprint density at radius 3 is 2.31 bits per heavy atom. The first-order valence-corrected chi connectivity index (χ1v) is 11.6. The number of hydrogen-bond donors (Lipinski definition) is 0. The molecule has 1 aromatic rings. The standard InChI is InChI=1S/C24H37N5O3/c1-19(2)7-6-12-29-22(17-30)28(18-25-29)21-10-8-20(9-11-21)26-13-15-27(16-14-26)23(31)32-24(3,4)5/h8-11,17-19,22H,6-7,12-16H2,1-5H3. The van der Waals surface area contributed by atoms with Crippen molar-refractivity contribution >= 4 is 30.1 Å². The summed E-state index contributed by atoms with van der Waals surface area (Å²) >= 11 is 0. The zero-order valence-electron chi connectivity index (χ0n) is 20.0. The van der Waals surface area contributed by atoms with E-state index in [-0.39, 0.29) is 6.09 Å². The van der Waals surface area contributed by atoms with Gasteiger partial charge in [0, 0.05) is 44.1 Å². The van der Waals surface area contributed by atoms with Gasteiger partial charge in [-0.15, -0.1) is 0 Å². The number of aldehydes is 1. The number of hydrazone groups is 1. The summed E-state index contributed by atoms with van der Waals surface area (Å²) in [5.74, 6) is 0.644. The normalized spacial score (nSPS) is 19.1. The number of carbonyl (C=O) groups is 2. The summed E-state index contributed by atoms with van der Waals surface area (Å²) in [5.41, 5.74) is 1.56. The van der Waals surface area contributed by atoms with Crippen LogP contribution >= 0.6 is 0 Å². The monoisotopic (exact) mass is 443 g/mol. The largest absolute Gasteiger partial charge is 0.444 e. The quantitative estimate of drug-likeness (QED) is 0.598. The predicted octanol–water partition coefficient (Wildman–Crippen LogP) is 3.77. The summed E-state index contributed by atoms with van der Waals surface area (Å²) in [6.45, 7) is 13.6. The fourth-order valence-electron chi connectivity index (χ4n) is 3.92. The molecule has 0 bridgehead atoms. The van der Waals surface area contributed by atoms with Crippen LogP contribution in [0.4, 0.5) is 16.2 Å². The van der Waals surface area contributed by atoms with Crippen LogP contribution in [0.15, 0.2) is 29.4 Å². The first-order valence-electron chi connectivity index (χ1n) is 11.6. The maximum absolute atomic E-state index is 12.3. The molecule has 0 radical (unpaired) electrons. The summed E-state index contributed by atoms with van der Waals surface area (Å²) in [7, 11) is 0. The van der Waals surface area contributed by atoms with E-state index in [0.717, 1.165) is 50.1 Å². The molecule has 1 aromatic carbocycles. The topological polar surface area (TPSA) is 68.7 Å². The molecule has 8 nitrogen and oxygen atoms in total. The molecule has 8 heteroatoms. The molecule has 0 aromatic heterocycles. The lowest BCUT2D eigenvalue weighted by molar-refractivity contribution is -0.111. The van der Waals surface area contributed by atoms with Crippen molar-refractivity contribution in [3.8, 4) is 0 Å². The van der Waals surface area contributed by atoms with Crippen LogP contribution < -0.4 is 9.80 Å². The molecular formula is C24H37N5O3. The molecule has 1 fully saturated rings. The number of amides is 1. The van der Waals surface area contributed by atoms with Crippen LogP contribution in [0.25, 0.3) is 0 Å². The fourth-order valence-corrected chi connectivity index (χ4v) is 3.92. The third-order valence-electron chi connectivity index (χ3n) is 5.65. The van der Waals surface area contributed by atoms with Gasteiger partial charge < -0.3 is 19.4 Å². The van der Waals surface area contributed by atoms with Crippen molar-refractivity contribution in [3.63, 3.8) is 0 Å². The molecule has 176 valence electrons. The van der Waals surface area contributed by atoms with Gasteiger partial charge in [-0.3, -0.25) is 9.80 Å². The first-order chi connectivity index (χ1) is 15.2. The third kappa shape index (κ3) is 6.14. The average Bonchev–Trinajstić information content (AvgIpc) is 3.15. The number of hydrogen-bond acceptors (Lipinski definition) is 7. The number of benzene rings is 1. The maximum Gasteiger partial charge on any atom is 0.410 e. The van der Waals surface area contributed by atoms with Crippen molar-refractivity contribution in [2.45, 2.75) is 59.2 Å². The molecule has 0 saturated carbocycles. The van der Waals surface area contributed by atoms with Crippen LogP contribution in [0.2, 0.25) is 0 Å². The Morgan fingerprint density at radius 2 is 1.75 bits per heavy atom. The van der Waals surface area contributed by atoms with Gasteiger partial charge in [-0.2, -0.15) is 5.10 Å². The molecule has 0 N–H and O–H groups in total. The lowest BCUT2D eigenvalue weighted by atomic mass is 10.1. The molecule has 3 rings (SSSR count). The molecule has 1 saturated heterocycles. The molecule has 1 amide bonds. The Bertz CT molecular complexity index is 795. The Labute approximate surface area is 191 Å². The molecule has 2 heterocycles. The molecule has 1 atom stereocenters. The van der Waals surface area contributed by atoms with Gasteiger partial charge >= 0.3 is 6.09 Å². The van der Waals surface area contributed by atoms with Gasteiger partial charge in [0.15, 0.2) is 12.5 Å². The zero-order valence-corrected chi connectivity index (χ0v) is 20.0. The van der Waals surface area contributed by atoms with E-state index in [4.69, 9.17) is 4.74 Å². The van der Waals surface area contributed by atoms with E-state index in [1.807, 2.05) is 42.8 Å². The molecule has 32 heavy (non-hydrogen) atoms. The molecular weight excluding hydrogens is 406 g/mol. The van der Waals surface area contributed by atoms with Crippen LogP contribution in [0.3, 0.4) is 0 Å². The van der Waals surface area contributed by atoms with Gasteiger partial charge in [-0.1, -0.05) is 13.8 Å². The zero-order chi connectivity index (χ0) is 23.3. The lowest BCUT2D eigenvalue weighted by Crippen LogP contribution is -2.50. The Kier molecular flexibility index (Phi) is 7.64. The highest BCUT2D eigenvalue weighted by atomic mass is 16.6. The highest BCUT2D eigenvalue weighted by molar-refractivity contribution is 5.87. The van der Waals surface area contributed by atoms with Crippen LogP contribution in [0, 0.1) is 5.92 Å². The van der Waals surface area contributed by atoms with Gasteiger partial charge in [-0.05, 0) is 63.8 Å².